The van der Waals surface area contributed by atoms with Gasteiger partial charge in [-0.25, -0.2) is 8.42 Å². The van der Waals surface area contributed by atoms with Crippen LogP contribution in [0.1, 0.15) is 5.56 Å². The van der Waals surface area contributed by atoms with Gasteiger partial charge in [-0.3, -0.25) is 4.79 Å². The second kappa shape index (κ2) is 5.39. The molecule has 0 spiro atoms. The molecule has 1 atom stereocenters. The molecule has 2 rings (SSSR count). The number of anilines is 1. The summed E-state index contributed by atoms with van der Waals surface area (Å²) in [4.78, 5) is 11.5. The lowest BCUT2D eigenvalue weighted by molar-refractivity contribution is -0.125. The van der Waals surface area contributed by atoms with Crippen molar-refractivity contribution in [3.05, 3.63) is 23.8 Å². The second-order valence-electron chi connectivity index (χ2n) is 4.58. The van der Waals surface area contributed by atoms with Crippen LogP contribution in [0.15, 0.2) is 23.1 Å². The molecule has 8 heteroatoms. The minimum atomic E-state index is -3.84. The number of hydrogen-bond acceptors (Lipinski definition) is 5. The minimum Gasteiger partial charge on any atom is -0.398 e. The van der Waals surface area contributed by atoms with Crippen molar-refractivity contribution in [1.29, 1.82) is 0 Å². The number of morpholine rings is 1. The highest BCUT2D eigenvalue weighted by atomic mass is 32.2. The van der Waals surface area contributed by atoms with Gasteiger partial charge in [0.05, 0.1) is 18.1 Å². The first-order valence-electron chi connectivity index (χ1n) is 6.09. The zero-order valence-corrected chi connectivity index (χ0v) is 11.9. The van der Waals surface area contributed by atoms with Gasteiger partial charge in [0.1, 0.15) is 6.04 Å². The summed E-state index contributed by atoms with van der Waals surface area (Å²) in [7, 11) is -3.84. The first kappa shape index (κ1) is 14.8. The van der Waals surface area contributed by atoms with Gasteiger partial charge in [0.2, 0.25) is 15.9 Å². The van der Waals surface area contributed by atoms with Crippen LogP contribution in [0, 0.1) is 6.92 Å². The number of carbonyl (C=O) groups is 1. The zero-order chi connectivity index (χ0) is 14.9. The van der Waals surface area contributed by atoms with Crippen molar-refractivity contribution in [2.45, 2.75) is 17.9 Å². The highest BCUT2D eigenvalue weighted by molar-refractivity contribution is 7.89. The van der Waals surface area contributed by atoms with Crippen LogP contribution in [0.4, 0.5) is 5.69 Å². The maximum atomic E-state index is 12.7. The van der Waals surface area contributed by atoms with E-state index in [9.17, 15) is 13.2 Å². The SMILES string of the molecule is Cc1c(N)cccc1S(=O)(=O)N1CCOCC1C(N)=O. The first-order chi connectivity index (χ1) is 9.35. The molecule has 1 aromatic rings. The fourth-order valence-electron chi connectivity index (χ4n) is 2.14. The molecule has 1 amide bonds. The monoisotopic (exact) mass is 299 g/mol. The molecule has 1 heterocycles. The summed E-state index contributed by atoms with van der Waals surface area (Å²) in [6.45, 7) is 1.91. The maximum Gasteiger partial charge on any atom is 0.244 e. The molecule has 0 bridgehead atoms. The number of hydrogen-bond donors (Lipinski definition) is 2. The normalized spacial score (nSPS) is 20.8. The van der Waals surface area contributed by atoms with E-state index >= 15 is 0 Å². The van der Waals surface area contributed by atoms with Crippen LogP contribution in [0.5, 0.6) is 0 Å². The van der Waals surface area contributed by atoms with Gasteiger partial charge in [0.25, 0.3) is 0 Å². The Morgan fingerprint density at radius 3 is 2.80 bits per heavy atom. The van der Waals surface area contributed by atoms with Gasteiger partial charge in [-0.2, -0.15) is 4.31 Å². The summed E-state index contributed by atoms with van der Waals surface area (Å²) in [5.74, 6) is -0.727. The fraction of sp³-hybridized carbons (Fsp3) is 0.417. The van der Waals surface area contributed by atoms with E-state index in [-0.39, 0.29) is 24.7 Å². The molecule has 1 fully saturated rings. The van der Waals surface area contributed by atoms with E-state index in [0.717, 1.165) is 4.31 Å². The lowest BCUT2D eigenvalue weighted by Crippen LogP contribution is -2.54. The molecule has 1 aromatic carbocycles. The quantitative estimate of drug-likeness (QED) is 0.727. The third-order valence-corrected chi connectivity index (χ3v) is 5.37. The maximum absolute atomic E-state index is 12.7. The molecule has 7 nitrogen and oxygen atoms in total. The lowest BCUT2D eigenvalue weighted by atomic mass is 10.2. The summed E-state index contributed by atoms with van der Waals surface area (Å²) >= 11 is 0. The Labute approximate surface area is 117 Å². The van der Waals surface area contributed by atoms with Gasteiger partial charge in [-0.05, 0) is 24.6 Å². The number of benzene rings is 1. The molecule has 20 heavy (non-hydrogen) atoms. The Morgan fingerprint density at radius 2 is 2.15 bits per heavy atom. The molecule has 1 unspecified atom stereocenters. The van der Waals surface area contributed by atoms with Crippen molar-refractivity contribution >= 4 is 21.6 Å². The van der Waals surface area contributed by atoms with Crippen LogP contribution in [-0.4, -0.2) is 44.4 Å². The summed E-state index contributed by atoms with van der Waals surface area (Å²) in [6, 6.07) is 3.66. The number of rotatable bonds is 3. The van der Waals surface area contributed by atoms with E-state index in [1.807, 2.05) is 0 Å². The largest absolute Gasteiger partial charge is 0.398 e. The van der Waals surface area contributed by atoms with Crippen molar-refractivity contribution in [3.63, 3.8) is 0 Å². The van der Waals surface area contributed by atoms with E-state index < -0.39 is 22.0 Å². The van der Waals surface area contributed by atoms with E-state index in [4.69, 9.17) is 16.2 Å². The summed E-state index contributed by atoms with van der Waals surface area (Å²) in [6.07, 6.45) is 0. The van der Waals surface area contributed by atoms with Crippen LogP contribution >= 0.6 is 0 Å². The molecule has 1 aliphatic heterocycles. The standard InChI is InChI=1S/C12H17N3O4S/c1-8-9(13)3-2-4-11(8)20(17,18)15-5-6-19-7-10(15)12(14)16/h2-4,10H,5-7,13H2,1H3,(H2,14,16). The van der Waals surface area contributed by atoms with Crippen LogP contribution in [0.25, 0.3) is 0 Å². The van der Waals surface area contributed by atoms with Gasteiger partial charge >= 0.3 is 0 Å². The van der Waals surface area contributed by atoms with Crippen LogP contribution in [0.2, 0.25) is 0 Å². The number of ether oxygens (including phenoxy) is 1. The number of nitrogens with two attached hydrogens (primary N) is 2. The Hall–Kier alpha value is -1.64. The number of amides is 1. The Bertz CT molecular complexity index is 630. The molecule has 0 saturated carbocycles. The molecule has 0 aromatic heterocycles. The van der Waals surface area contributed by atoms with Gasteiger partial charge in [0.15, 0.2) is 0 Å². The minimum absolute atomic E-state index is 0.0318. The van der Waals surface area contributed by atoms with Crippen LogP contribution < -0.4 is 11.5 Å². The number of nitrogens with zero attached hydrogens (tertiary/aromatic N) is 1. The van der Waals surface area contributed by atoms with Crippen LogP contribution in [0.3, 0.4) is 0 Å². The predicted molar refractivity (Wildman–Crippen MR) is 73.3 cm³/mol. The second-order valence-corrected chi connectivity index (χ2v) is 6.44. The number of sulfonamides is 1. The summed E-state index contributed by atoms with van der Waals surface area (Å²) in [5, 5.41) is 0. The Morgan fingerprint density at radius 1 is 1.45 bits per heavy atom. The zero-order valence-electron chi connectivity index (χ0n) is 11.1. The van der Waals surface area contributed by atoms with E-state index in [1.165, 1.54) is 6.07 Å². The fourth-order valence-corrected chi connectivity index (χ4v) is 3.96. The molecule has 4 N–H and O–H groups in total. The van der Waals surface area contributed by atoms with Gasteiger partial charge in [-0.15, -0.1) is 0 Å². The highest BCUT2D eigenvalue weighted by Crippen LogP contribution is 2.26. The Balaban J connectivity index is 2.48. The van der Waals surface area contributed by atoms with Crippen molar-refractivity contribution in [1.82, 2.24) is 4.31 Å². The van der Waals surface area contributed by atoms with E-state index in [2.05, 4.69) is 0 Å². The van der Waals surface area contributed by atoms with Crippen molar-refractivity contribution < 1.29 is 17.9 Å². The third kappa shape index (κ3) is 2.49. The molecule has 1 aliphatic rings. The summed E-state index contributed by atoms with van der Waals surface area (Å²) in [5.41, 5.74) is 11.8. The third-order valence-electron chi connectivity index (χ3n) is 3.32. The Kier molecular flexibility index (Phi) is 3.98. The lowest BCUT2D eigenvalue weighted by Gasteiger charge is -2.32. The first-order valence-corrected chi connectivity index (χ1v) is 7.53. The number of carbonyl (C=O) groups excluding carboxylic acids is 1. The average Bonchev–Trinajstić information content (AvgIpc) is 2.41. The molecular weight excluding hydrogens is 282 g/mol. The van der Waals surface area contributed by atoms with Gasteiger partial charge < -0.3 is 16.2 Å². The van der Waals surface area contributed by atoms with Crippen molar-refractivity contribution in [2.75, 3.05) is 25.5 Å². The van der Waals surface area contributed by atoms with Gasteiger partial charge in [0, 0.05) is 12.2 Å². The summed E-state index contributed by atoms with van der Waals surface area (Å²) < 4.78 is 31.6. The van der Waals surface area contributed by atoms with Crippen LogP contribution in [-0.2, 0) is 19.6 Å². The topological polar surface area (TPSA) is 116 Å². The molecule has 1 saturated heterocycles. The predicted octanol–water partition coefficient (Wildman–Crippen LogP) is -0.548. The van der Waals surface area contributed by atoms with Crippen molar-refractivity contribution in [2.24, 2.45) is 5.73 Å². The molecular formula is C12H17N3O4S. The molecule has 0 radical (unpaired) electrons. The number of nitrogen functional groups attached to an aromatic ring is 1. The highest BCUT2D eigenvalue weighted by Gasteiger charge is 2.38. The van der Waals surface area contributed by atoms with E-state index in [0.29, 0.717) is 11.3 Å². The smallest absolute Gasteiger partial charge is 0.244 e. The molecule has 0 aliphatic carbocycles. The van der Waals surface area contributed by atoms with Gasteiger partial charge in [-0.1, -0.05) is 6.07 Å². The van der Waals surface area contributed by atoms with Crippen molar-refractivity contribution in [3.8, 4) is 0 Å². The van der Waals surface area contributed by atoms with E-state index in [1.54, 1.807) is 19.1 Å². The number of primary amides is 1. The molecule has 110 valence electrons. The average molecular weight is 299 g/mol.